The van der Waals surface area contributed by atoms with Gasteiger partial charge in [-0.05, 0) is 35.4 Å². The second-order valence-corrected chi connectivity index (χ2v) is 5.58. The van der Waals surface area contributed by atoms with E-state index in [-0.39, 0.29) is 5.82 Å². The molecular formula is C22H19FO2. The van der Waals surface area contributed by atoms with E-state index in [2.05, 4.69) is 6.58 Å². The summed E-state index contributed by atoms with van der Waals surface area (Å²) in [5.41, 5.74) is 3.27. The highest BCUT2D eigenvalue weighted by Crippen LogP contribution is 2.35. The predicted molar refractivity (Wildman–Crippen MR) is 99.3 cm³/mol. The molecule has 0 aliphatic heterocycles. The highest BCUT2D eigenvalue weighted by Gasteiger charge is 2.12. The Morgan fingerprint density at radius 2 is 1.72 bits per heavy atom. The SMILES string of the molecule is C=Cc1cc(F)cc(-c2ccc(OCc3ccccc3)cc2)c1OC. The van der Waals surface area contributed by atoms with Crippen LogP contribution in [-0.4, -0.2) is 7.11 Å². The van der Waals surface area contributed by atoms with Crippen LogP contribution in [0.2, 0.25) is 0 Å². The van der Waals surface area contributed by atoms with Crippen LogP contribution in [0, 0.1) is 5.82 Å². The molecular weight excluding hydrogens is 315 g/mol. The maximum atomic E-state index is 13.9. The lowest BCUT2D eigenvalue weighted by molar-refractivity contribution is 0.306. The number of hydrogen-bond acceptors (Lipinski definition) is 2. The number of hydrogen-bond donors (Lipinski definition) is 0. The molecule has 0 saturated heterocycles. The van der Waals surface area contributed by atoms with Crippen molar-refractivity contribution in [3.05, 3.63) is 90.3 Å². The Kier molecular flexibility index (Phi) is 5.14. The molecule has 0 aliphatic rings. The van der Waals surface area contributed by atoms with Crippen LogP contribution in [-0.2, 0) is 6.61 Å². The number of halogens is 1. The third kappa shape index (κ3) is 3.89. The first-order chi connectivity index (χ1) is 12.2. The van der Waals surface area contributed by atoms with E-state index in [9.17, 15) is 4.39 Å². The molecule has 0 N–H and O–H groups in total. The molecule has 0 bridgehead atoms. The zero-order chi connectivity index (χ0) is 17.6. The molecule has 0 aliphatic carbocycles. The second-order valence-electron chi connectivity index (χ2n) is 5.58. The number of rotatable bonds is 6. The Labute approximate surface area is 147 Å². The van der Waals surface area contributed by atoms with Gasteiger partial charge < -0.3 is 9.47 Å². The summed E-state index contributed by atoms with van der Waals surface area (Å²) in [6.07, 6.45) is 1.59. The number of methoxy groups -OCH3 is 1. The van der Waals surface area contributed by atoms with Gasteiger partial charge in [0.25, 0.3) is 0 Å². The lowest BCUT2D eigenvalue weighted by Gasteiger charge is -2.13. The van der Waals surface area contributed by atoms with Crippen molar-refractivity contribution in [1.29, 1.82) is 0 Å². The summed E-state index contributed by atoms with van der Waals surface area (Å²) in [7, 11) is 1.57. The molecule has 3 aromatic carbocycles. The number of ether oxygens (including phenoxy) is 2. The van der Waals surface area contributed by atoms with Gasteiger partial charge in [0.2, 0.25) is 0 Å². The van der Waals surface area contributed by atoms with Crippen LogP contribution >= 0.6 is 0 Å². The Morgan fingerprint density at radius 1 is 1.00 bits per heavy atom. The molecule has 2 nitrogen and oxygen atoms in total. The van der Waals surface area contributed by atoms with E-state index in [1.165, 1.54) is 12.1 Å². The highest BCUT2D eigenvalue weighted by molar-refractivity contribution is 5.76. The van der Waals surface area contributed by atoms with Gasteiger partial charge in [-0.15, -0.1) is 0 Å². The van der Waals surface area contributed by atoms with E-state index in [1.807, 2.05) is 54.6 Å². The van der Waals surface area contributed by atoms with Gasteiger partial charge in [0.05, 0.1) is 7.11 Å². The summed E-state index contributed by atoms with van der Waals surface area (Å²) in [4.78, 5) is 0. The first kappa shape index (κ1) is 16.8. The molecule has 0 heterocycles. The monoisotopic (exact) mass is 334 g/mol. The topological polar surface area (TPSA) is 18.5 Å². The minimum Gasteiger partial charge on any atom is -0.495 e. The molecule has 3 heteroatoms. The minimum atomic E-state index is -0.324. The van der Waals surface area contributed by atoms with E-state index in [4.69, 9.17) is 9.47 Å². The van der Waals surface area contributed by atoms with Gasteiger partial charge >= 0.3 is 0 Å². The van der Waals surface area contributed by atoms with Crippen LogP contribution in [0.1, 0.15) is 11.1 Å². The fraction of sp³-hybridized carbons (Fsp3) is 0.0909. The molecule has 0 saturated carbocycles. The molecule has 0 spiro atoms. The fourth-order valence-electron chi connectivity index (χ4n) is 2.68. The first-order valence-corrected chi connectivity index (χ1v) is 7.98. The van der Waals surface area contributed by atoms with E-state index >= 15 is 0 Å². The predicted octanol–water partition coefficient (Wildman–Crippen LogP) is 5.72. The van der Waals surface area contributed by atoms with Gasteiger partial charge in [0, 0.05) is 11.1 Å². The lowest BCUT2D eigenvalue weighted by Crippen LogP contribution is -1.95. The smallest absolute Gasteiger partial charge is 0.134 e. The van der Waals surface area contributed by atoms with Crippen molar-refractivity contribution in [2.24, 2.45) is 0 Å². The van der Waals surface area contributed by atoms with E-state index in [0.29, 0.717) is 23.5 Å². The summed E-state index contributed by atoms with van der Waals surface area (Å²) in [6, 6.07) is 20.4. The molecule has 0 radical (unpaired) electrons. The van der Waals surface area contributed by atoms with Gasteiger partial charge in [-0.25, -0.2) is 4.39 Å². The van der Waals surface area contributed by atoms with Crippen LogP contribution in [0.5, 0.6) is 11.5 Å². The average Bonchev–Trinajstić information content (AvgIpc) is 2.67. The van der Waals surface area contributed by atoms with Crippen molar-refractivity contribution in [3.63, 3.8) is 0 Å². The zero-order valence-corrected chi connectivity index (χ0v) is 14.0. The minimum absolute atomic E-state index is 0.324. The maximum Gasteiger partial charge on any atom is 0.134 e. The number of benzene rings is 3. The molecule has 0 atom stereocenters. The van der Waals surface area contributed by atoms with E-state index in [0.717, 1.165) is 16.9 Å². The molecule has 0 aromatic heterocycles. The molecule has 25 heavy (non-hydrogen) atoms. The van der Waals surface area contributed by atoms with Gasteiger partial charge in [0.15, 0.2) is 0 Å². The third-order valence-electron chi connectivity index (χ3n) is 3.92. The standard InChI is InChI=1S/C22H19FO2/c1-3-17-13-19(23)14-21(22(17)24-2)18-9-11-20(12-10-18)25-15-16-7-5-4-6-8-16/h3-14H,1,15H2,2H3. The van der Waals surface area contributed by atoms with Crippen molar-refractivity contribution < 1.29 is 13.9 Å². The van der Waals surface area contributed by atoms with Crippen LogP contribution in [0.3, 0.4) is 0 Å². The Balaban J connectivity index is 1.83. The quantitative estimate of drug-likeness (QED) is 0.574. The molecule has 0 amide bonds. The summed E-state index contributed by atoms with van der Waals surface area (Å²) in [5.74, 6) is 1.04. The van der Waals surface area contributed by atoms with Crippen molar-refractivity contribution in [2.45, 2.75) is 6.61 Å². The largest absolute Gasteiger partial charge is 0.495 e. The molecule has 3 aromatic rings. The summed E-state index contributed by atoms with van der Waals surface area (Å²) < 4.78 is 25.1. The molecule has 0 unspecified atom stereocenters. The molecule has 3 rings (SSSR count). The lowest BCUT2D eigenvalue weighted by atomic mass is 10.0. The highest BCUT2D eigenvalue weighted by atomic mass is 19.1. The van der Waals surface area contributed by atoms with Crippen LogP contribution in [0.4, 0.5) is 4.39 Å². The fourth-order valence-corrected chi connectivity index (χ4v) is 2.68. The van der Waals surface area contributed by atoms with Gasteiger partial charge in [0.1, 0.15) is 23.9 Å². The maximum absolute atomic E-state index is 13.9. The average molecular weight is 334 g/mol. The van der Waals surface area contributed by atoms with Crippen molar-refractivity contribution in [1.82, 2.24) is 0 Å². The van der Waals surface area contributed by atoms with E-state index < -0.39 is 0 Å². The van der Waals surface area contributed by atoms with Crippen LogP contribution in [0.15, 0.2) is 73.3 Å². The van der Waals surface area contributed by atoms with Gasteiger partial charge in [-0.3, -0.25) is 0 Å². The summed E-state index contributed by atoms with van der Waals surface area (Å²) >= 11 is 0. The Bertz CT molecular complexity index is 855. The normalized spacial score (nSPS) is 10.3. The third-order valence-corrected chi connectivity index (χ3v) is 3.92. The Morgan fingerprint density at radius 3 is 2.36 bits per heavy atom. The summed E-state index contributed by atoms with van der Waals surface area (Å²) in [6.45, 7) is 4.22. The van der Waals surface area contributed by atoms with Crippen LogP contribution in [0.25, 0.3) is 17.2 Å². The van der Waals surface area contributed by atoms with Crippen molar-refractivity contribution in [2.75, 3.05) is 7.11 Å². The van der Waals surface area contributed by atoms with Gasteiger partial charge in [-0.1, -0.05) is 55.1 Å². The van der Waals surface area contributed by atoms with Crippen molar-refractivity contribution in [3.8, 4) is 22.6 Å². The summed E-state index contributed by atoms with van der Waals surface area (Å²) in [5, 5.41) is 0. The van der Waals surface area contributed by atoms with Gasteiger partial charge in [-0.2, -0.15) is 0 Å². The molecule has 0 fully saturated rings. The van der Waals surface area contributed by atoms with Crippen molar-refractivity contribution >= 4 is 6.08 Å². The first-order valence-electron chi connectivity index (χ1n) is 7.98. The second kappa shape index (κ2) is 7.67. The van der Waals surface area contributed by atoms with E-state index in [1.54, 1.807) is 13.2 Å². The Hall–Kier alpha value is -3.07. The molecule has 126 valence electrons. The van der Waals surface area contributed by atoms with Crippen LogP contribution < -0.4 is 9.47 Å². The zero-order valence-electron chi connectivity index (χ0n) is 14.0.